The van der Waals surface area contributed by atoms with Gasteiger partial charge >= 0.3 is 5.97 Å². The van der Waals surface area contributed by atoms with Gasteiger partial charge in [-0.1, -0.05) is 22.9 Å². The molecule has 0 spiro atoms. The molecule has 0 saturated carbocycles. The Hall–Kier alpha value is -1.66. The van der Waals surface area contributed by atoms with Gasteiger partial charge in [-0.15, -0.1) is 0 Å². The number of furan rings is 1. The van der Waals surface area contributed by atoms with E-state index < -0.39 is 12.0 Å². The number of rotatable bonds is 5. The van der Waals surface area contributed by atoms with Gasteiger partial charge in [-0.25, -0.2) is 9.18 Å². The van der Waals surface area contributed by atoms with Crippen molar-refractivity contribution in [3.63, 3.8) is 0 Å². The van der Waals surface area contributed by atoms with Crippen molar-refractivity contribution in [3.8, 4) is 0 Å². The average Bonchev–Trinajstić information content (AvgIpc) is 2.96. The van der Waals surface area contributed by atoms with Crippen LogP contribution in [-0.4, -0.2) is 19.6 Å². The van der Waals surface area contributed by atoms with Gasteiger partial charge in [0.2, 0.25) is 5.76 Å². The Balaban J connectivity index is 2.41. The lowest BCUT2D eigenvalue weighted by Crippen LogP contribution is -2.22. The summed E-state index contributed by atoms with van der Waals surface area (Å²) < 4.78 is 24.9. The van der Waals surface area contributed by atoms with Crippen molar-refractivity contribution in [1.82, 2.24) is 5.32 Å². The van der Waals surface area contributed by atoms with Crippen LogP contribution in [0.2, 0.25) is 0 Å². The minimum absolute atomic E-state index is 0.0887. The van der Waals surface area contributed by atoms with Crippen LogP contribution in [0, 0.1) is 5.82 Å². The second-order valence-corrected chi connectivity index (χ2v) is 5.27. The van der Waals surface area contributed by atoms with E-state index in [0.29, 0.717) is 17.9 Å². The quantitative estimate of drug-likeness (QED) is 0.831. The maximum absolute atomic E-state index is 14.1. The van der Waals surface area contributed by atoms with E-state index in [1.807, 2.05) is 6.92 Å². The highest BCUT2D eigenvalue weighted by Crippen LogP contribution is 2.28. The molecule has 21 heavy (non-hydrogen) atoms. The second-order valence-electron chi connectivity index (χ2n) is 4.35. The Labute approximate surface area is 130 Å². The second kappa shape index (κ2) is 6.87. The molecule has 0 aliphatic heterocycles. The third-order valence-corrected chi connectivity index (χ3v) is 3.47. The molecule has 0 amide bonds. The van der Waals surface area contributed by atoms with Crippen LogP contribution < -0.4 is 5.32 Å². The van der Waals surface area contributed by atoms with Gasteiger partial charge < -0.3 is 14.5 Å². The molecular weight excluding hydrogens is 341 g/mol. The molecule has 0 saturated heterocycles. The molecule has 1 heterocycles. The number of hydrogen-bond acceptors (Lipinski definition) is 4. The van der Waals surface area contributed by atoms with Crippen LogP contribution in [0.4, 0.5) is 4.39 Å². The molecule has 0 bridgehead atoms. The van der Waals surface area contributed by atoms with E-state index in [9.17, 15) is 9.18 Å². The molecule has 1 aromatic heterocycles. The molecule has 2 rings (SSSR count). The van der Waals surface area contributed by atoms with Crippen molar-refractivity contribution in [1.29, 1.82) is 0 Å². The standard InChI is InChI=1S/C15H15BrFNO3/c1-3-18-14(10-8-9(16)4-5-11(10)17)12-6-7-13(21-12)15(19)20-2/h4-8,14,18H,3H2,1-2H3. The highest BCUT2D eigenvalue weighted by atomic mass is 79.9. The van der Waals surface area contributed by atoms with Crippen molar-refractivity contribution in [2.45, 2.75) is 13.0 Å². The molecule has 2 aromatic rings. The molecule has 0 aliphatic rings. The summed E-state index contributed by atoms with van der Waals surface area (Å²) in [6.45, 7) is 2.53. The predicted octanol–water partition coefficient (Wildman–Crippen LogP) is 3.67. The number of methoxy groups -OCH3 is 1. The molecule has 1 N–H and O–H groups in total. The van der Waals surface area contributed by atoms with E-state index in [0.717, 1.165) is 4.47 Å². The summed E-state index contributed by atoms with van der Waals surface area (Å²) in [5.41, 5.74) is 0.442. The molecule has 6 heteroatoms. The summed E-state index contributed by atoms with van der Waals surface area (Å²) in [6.07, 6.45) is 0. The van der Waals surface area contributed by atoms with Crippen LogP contribution in [0.15, 0.2) is 39.2 Å². The van der Waals surface area contributed by atoms with Crippen LogP contribution >= 0.6 is 15.9 Å². The summed E-state index contributed by atoms with van der Waals surface area (Å²) in [7, 11) is 1.28. The Bertz CT molecular complexity index is 642. The fourth-order valence-corrected chi connectivity index (χ4v) is 2.40. The number of carbonyl (C=O) groups is 1. The van der Waals surface area contributed by atoms with Crippen LogP contribution in [0.1, 0.15) is 34.8 Å². The molecule has 1 atom stereocenters. The van der Waals surface area contributed by atoms with E-state index in [-0.39, 0.29) is 11.6 Å². The van der Waals surface area contributed by atoms with Crippen LogP contribution in [0.5, 0.6) is 0 Å². The fraction of sp³-hybridized carbons (Fsp3) is 0.267. The van der Waals surface area contributed by atoms with Gasteiger partial charge in [0.05, 0.1) is 13.2 Å². The lowest BCUT2D eigenvalue weighted by atomic mass is 10.0. The normalized spacial score (nSPS) is 12.2. The van der Waals surface area contributed by atoms with Gasteiger partial charge in [0.15, 0.2) is 0 Å². The van der Waals surface area contributed by atoms with Crippen molar-refractivity contribution in [3.05, 3.63) is 57.7 Å². The Morgan fingerprint density at radius 1 is 1.43 bits per heavy atom. The molecule has 0 aliphatic carbocycles. The summed E-state index contributed by atoms with van der Waals surface area (Å²) in [4.78, 5) is 11.4. The maximum atomic E-state index is 14.1. The van der Waals surface area contributed by atoms with Crippen LogP contribution in [0.3, 0.4) is 0 Å². The summed E-state index contributed by atoms with van der Waals surface area (Å²) in [5.74, 6) is -0.369. The van der Waals surface area contributed by atoms with Crippen LogP contribution in [0.25, 0.3) is 0 Å². The Morgan fingerprint density at radius 3 is 2.86 bits per heavy atom. The topological polar surface area (TPSA) is 51.5 Å². The zero-order valence-corrected chi connectivity index (χ0v) is 13.2. The number of nitrogens with one attached hydrogen (secondary N) is 1. The predicted molar refractivity (Wildman–Crippen MR) is 79.7 cm³/mol. The third kappa shape index (κ3) is 3.51. The van der Waals surface area contributed by atoms with E-state index in [4.69, 9.17) is 4.42 Å². The van der Waals surface area contributed by atoms with Crippen molar-refractivity contribution >= 4 is 21.9 Å². The highest BCUT2D eigenvalue weighted by Gasteiger charge is 2.22. The largest absolute Gasteiger partial charge is 0.463 e. The smallest absolute Gasteiger partial charge is 0.373 e. The molecule has 0 fully saturated rings. The van der Waals surface area contributed by atoms with Crippen molar-refractivity contribution in [2.24, 2.45) is 0 Å². The number of halogens is 2. The number of carbonyl (C=O) groups excluding carboxylic acids is 1. The van der Waals surface area contributed by atoms with Gasteiger partial charge in [-0.05, 0) is 36.9 Å². The average molecular weight is 356 g/mol. The van der Waals surface area contributed by atoms with E-state index in [1.165, 1.54) is 19.2 Å². The first-order chi connectivity index (χ1) is 10.1. The maximum Gasteiger partial charge on any atom is 0.373 e. The highest BCUT2D eigenvalue weighted by molar-refractivity contribution is 9.10. The van der Waals surface area contributed by atoms with E-state index in [1.54, 1.807) is 18.2 Å². The zero-order valence-electron chi connectivity index (χ0n) is 11.7. The molecule has 0 radical (unpaired) electrons. The number of benzene rings is 1. The first kappa shape index (κ1) is 15.7. The molecule has 1 aromatic carbocycles. The Morgan fingerprint density at radius 2 is 2.19 bits per heavy atom. The van der Waals surface area contributed by atoms with E-state index in [2.05, 4.69) is 26.0 Å². The number of ether oxygens (including phenoxy) is 1. The number of hydrogen-bond donors (Lipinski definition) is 1. The lowest BCUT2D eigenvalue weighted by molar-refractivity contribution is 0.0562. The van der Waals surface area contributed by atoms with E-state index >= 15 is 0 Å². The lowest BCUT2D eigenvalue weighted by Gasteiger charge is -2.17. The summed E-state index contributed by atoms with van der Waals surface area (Å²) in [6, 6.07) is 7.37. The van der Waals surface area contributed by atoms with Gasteiger partial charge in [0.1, 0.15) is 11.6 Å². The minimum atomic E-state index is -0.564. The summed E-state index contributed by atoms with van der Waals surface area (Å²) >= 11 is 3.33. The number of esters is 1. The van der Waals surface area contributed by atoms with Crippen LogP contribution in [-0.2, 0) is 4.74 Å². The first-order valence-corrected chi connectivity index (χ1v) is 7.22. The molecule has 1 unspecified atom stereocenters. The Kier molecular flexibility index (Phi) is 5.14. The zero-order chi connectivity index (χ0) is 15.4. The first-order valence-electron chi connectivity index (χ1n) is 6.43. The van der Waals surface area contributed by atoms with Gasteiger partial charge in [0.25, 0.3) is 0 Å². The third-order valence-electron chi connectivity index (χ3n) is 2.98. The van der Waals surface area contributed by atoms with Crippen molar-refractivity contribution in [2.75, 3.05) is 13.7 Å². The van der Waals surface area contributed by atoms with Gasteiger partial charge in [-0.2, -0.15) is 0 Å². The van der Waals surface area contributed by atoms with Gasteiger partial charge in [0, 0.05) is 10.0 Å². The summed E-state index contributed by atoms with van der Waals surface area (Å²) in [5, 5.41) is 3.15. The SMILES string of the molecule is CCNC(c1ccc(C(=O)OC)o1)c1cc(Br)ccc1F. The minimum Gasteiger partial charge on any atom is -0.463 e. The van der Waals surface area contributed by atoms with Crippen molar-refractivity contribution < 1.29 is 18.3 Å². The van der Waals surface area contributed by atoms with Gasteiger partial charge in [-0.3, -0.25) is 0 Å². The fourth-order valence-electron chi connectivity index (χ4n) is 2.02. The molecule has 112 valence electrons. The molecular formula is C15H15BrFNO3. The molecule has 4 nitrogen and oxygen atoms in total. The monoisotopic (exact) mass is 355 g/mol.